The molecular weight excluding hydrogens is 348 g/mol. The van der Waals surface area contributed by atoms with Crippen molar-refractivity contribution in [3.05, 3.63) is 20.8 Å². The van der Waals surface area contributed by atoms with Gasteiger partial charge in [0.25, 0.3) is 0 Å². The molecule has 1 fully saturated rings. The molecule has 6 heteroatoms. The van der Waals surface area contributed by atoms with Crippen molar-refractivity contribution in [3.8, 4) is 0 Å². The zero-order valence-corrected chi connectivity index (χ0v) is 14.2. The number of rotatable bonds is 4. The third-order valence-electron chi connectivity index (χ3n) is 3.32. The second-order valence-electron chi connectivity index (χ2n) is 4.79. The third kappa shape index (κ3) is 5.06. The number of halogens is 2. The molecule has 1 aliphatic rings. The predicted octanol–water partition coefficient (Wildman–Crippen LogP) is 2.93. The lowest BCUT2D eigenvalue weighted by atomic mass is 9.98. The highest BCUT2D eigenvalue weighted by atomic mass is 79.9. The van der Waals surface area contributed by atoms with E-state index >= 15 is 0 Å². The number of hydrogen-bond donors (Lipinski definition) is 1. The Morgan fingerprint density at radius 2 is 2.37 bits per heavy atom. The van der Waals surface area contributed by atoms with E-state index in [1.807, 2.05) is 24.1 Å². The number of nitrogens with zero attached hydrogens (tertiary/aromatic N) is 1. The van der Waals surface area contributed by atoms with Gasteiger partial charge in [0.05, 0.1) is 10.2 Å². The summed E-state index contributed by atoms with van der Waals surface area (Å²) < 4.78 is 1.09. The number of likely N-dealkylation sites (tertiary alicyclic amines) is 1. The summed E-state index contributed by atoms with van der Waals surface area (Å²) in [7, 11) is 1.98. The molecular formula is C13H20BrClN2OS. The van der Waals surface area contributed by atoms with Gasteiger partial charge in [0, 0.05) is 18.0 Å². The van der Waals surface area contributed by atoms with Crippen molar-refractivity contribution in [2.24, 2.45) is 5.92 Å². The quantitative estimate of drug-likeness (QED) is 0.887. The lowest BCUT2D eigenvalue weighted by molar-refractivity contribution is -0.132. The Morgan fingerprint density at radius 1 is 1.58 bits per heavy atom. The number of carbonyl (C=O) groups is 1. The summed E-state index contributed by atoms with van der Waals surface area (Å²) in [6.45, 7) is 2.84. The maximum Gasteiger partial charge on any atom is 0.227 e. The average molecular weight is 368 g/mol. The number of hydrogen-bond acceptors (Lipinski definition) is 3. The molecule has 1 amide bonds. The van der Waals surface area contributed by atoms with E-state index in [9.17, 15) is 4.79 Å². The monoisotopic (exact) mass is 366 g/mol. The maximum absolute atomic E-state index is 12.2. The lowest BCUT2D eigenvalue weighted by Crippen LogP contribution is -2.43. The zero-order valence-electron chi connectivity index (χ0n) is 11.0. The Balaban J connectivity index is 0.00000180. The highest BCUT2D eigenvalue weighted by Gasteiger charge is 2.23. The Labute approximate surface area is 133 Å². The first kappa shape index (κ1) is 17.0. The molecule has 0 spiro atoms. The van der Waals surface area contributed by atoms with E-state index in [1.165, 1.54) is 6.42 Å². The molecule has 1 unspecified atom stereocenters. The fourth-order valence-corrected chi connectivity index (χ4v) is 3.93. The van der Waals surface area contributed by atoms with E-state index in [2.05, 4.69) is 21.2 Å². The molecule has 1 aromatic rings. The molecule has 3 nitrogen and oxygen atoms in total. The molecule has 108 valence electrons. The highest BCUT2D eigenvalue weighted by Crippen LogP contribution is 2.23. The van der Waals surface area contributed by atoms with Gasteiger partial charge in [0.15, 0.2) is 0 Å². The van der Waals surface area contributed by atoms with E-state index in [0.29, 0.717) is 12.3 Å². The first-order valence-corrected chi connectivity index (χ1v) is 7.96. The maximum atomic E-state index is 12.2. The number of thiophene rings is 1. The van der Waals surface area contributed by atoms with Crippen LogP contribution >= 0.6 is 39.7 Å². The Morgan fingerprint density at radius 3 is 3.00 bits per heavy atom. The highest BCUT2D eigenvalue weighted by molar-refractivity contribution is 9.11. The molecule has 0 aliphatic carbocycles. The second kappa shape index (κ2) is 8.25. The molecule has 1 atom stereocenters. The fourth-order valence-electron chi connectivity index (χ4n) is 2.45. The Hall–Kier alpha value is -0.100. The van der Waals surface area contributed by atoms with Gasteiger partial charge in [-0.15, -0.1) is 23.7 Å². The minimum absolute atomic E-state index is 0. The van der Waals surface area contributed by atoms with Crippen LogP contribution in [0.15, 0.2) is 15.9 Å². The van der Waals surface area contributed by atoms with E-state index in [-0.39, 0.29) is 18.3 Å². The summed E-state index contributed by atoms with van der Waals surface area (Å²) in [5.74, 6) is 0.882. The molecule has 0 bridgehead atoms. The van der Waals surface area contributed by atoms with Crippen LogP contribution in [0.2, 0.25) is 0 Å². The summed E-state index contributed by atoms with van der Waals surface area (Å²) in [4.78, 5) is 15.4. The van der Waals surface area contributed by atoms with Crippen molar-refractivity contribution in [2.75, 3.05) is 26.7 Å². The van der Waals surface area contributed by atoms with Crippen LogP contribution in [0.25, 0.3) is 0 Å². The topological polar surface area (TPSA) is 32.3 Å². The second-order valence-corrected chi connectivity index (χ2v) is 7.34. The van der Waals surface area contributed by atoms with Crippen molar-refractivity contribution >= 4 is 45.6 Å². The van der Waals surface area contributed by atoms with E-state index in [1.54, 1.807) is 11.3 Å². The summed E-state index contributed by atoms with van der Waals surface area (Å²) in [5.41, 5.74) is 0. The summed E-state index contributed by atoms with van der Waals surface area (Å²) in [6.07, 6.45) is 2.91. The first-order valence-electron chi connectivity index (χ1n) is 6.35. The van der Waals surface area contributed by atoms with Gasteiger partial charge in [0.2, 0.25) is 5.91 Å². The summed E-state index contributed by atoms with van der Waals surface area (Å²) >= 11 is 5.08. The van der Waals surface area contributed by atoms with Gasteiger partial charge >= 0.3 is 0 Å². The number of nitrogens with one attached hydrogen (secondary N) is 1. The average Bonchev–Trinajstić information content (AvgIpc) is 2.75. The largest absolute Gasteiger partial charge is 0.342 e. The van der Waals surface area contributed by atoms with Crippen molar-refractivity contribution in [1.82, 2.24) is 10.2 Å². The SMILES string of the molecule is CNCC1CCCN(C(=O)Cc2ccc(Br)s2)C1.Cl. The van der Waals surface area contributed by atoms with Crippen LogP contribution in [-0.4, -0.2) is 37.5 Å². The summed E-state index contributed by atoms with van der Waals surface area (Å²) in [6, 6.07) is 4.04. The molecule has 1 aromatic heterocycles. The van der Waals surface area contributed by atoms with Crippen LogP contribution in [0.1, 0.15) is 17.7 Å². The number of amides is 1. The zero-order chi connectivity index (χ0) is 13.0. The van der Waals surface area contributed by atoms with Crippen LogP contribution < -0.4 is 5.32 Å². The lowest BCUT2D eigenvalue weighted by Gasteiger charge is -2.32. The van der Waals surface area contributed by atoms with Gasteiger partial charge in [-0.3, -0.25) is 4.79 Å². The molecule has 2 rings (SSSR count). The van der Waals surface area contributed by atoms with Crippen molar-refractivity contribution in [2.45, 2.75) is 19.3 Å². The minimum Gasteiger partial charge on any atom is -0.342 e. The fraction of sp³-hybridized carbons (Fsp3) is 0.615. The molecule has 0 aromatic carbocycles. The van der Waals surface area contributed by atoms with Gasteiger partial charge in [-0.25, -0.2) is 0 Å². The molecule has 0 saturated carbocycles. The van der Waals surface area contributed by atoms with Crippen LogP contribution in [0.5, 0.6) is 0 Å². The van der Waals surface area contributed by atoms with Crippen molar-refractivity contribution in [1.29, 1.82) is 0 Å². The standard InChI is InChI=1S/C13H19BrN2OS.ClH/c1-15-8-10-3-2-6-16(9-10)13(17)7-11-4-5-12(14)18-11;/h4-5,10,15H,2-3,6-9H2,1H3;1H. The predicted molar refractivity (Wildman–Crippen MR) is 86.2 cm³/mol. The summed E-state index contributed by atoms with van der Waals surface area (Å²) in [5, 5.41) is 3.21. The molecule has 19 heavy (non-hydrogen) atoms. The van der Waals surface area contributed by atoms with E-state index < -0.39 is 0 Å². The van der Waals surface area contributed by atoms with Gasteiger partial charge in [-0.2, -0.15) is 0 Å². The van der Waals surface area contributed by atoms with Crippen molar-refractivity contribution in [3.63, 3.8) is 0 Å². The van der Waals surface area contributed by atoms with Crippen LogP contribution in [-0.2, 0) is 11.2 Å². The Bertz CT molecular complexity index is 411. The number of carbonyl (C=O) groups excluding carboxylic acids is 1. The molecule has 1 saturated heterocycles. The van der Waals surface area contributed by atoms with E-state index in [0.717, 1.165) is 34.7 Å². The molecule has 1 aliphatic heterocycles. The molecule has 1 N–H and O–H groups in total. The van der Waals surface area contributed by atoms with Crippen LogP contribution in [0, 0.1) is 5.92 Å². The van der Waals surface area contributed by atoms with Crippen molar-refractivity contribution < 1.29 is 4.79 Å². The molecule has 0 radical (unpaired) electrons. The molecule has 2 heterocycles. The van der Waals surface area contributed by atoms with Crippen LogP contribution in [0.3, 0.4) is 0 Å². The van der Waals surface area contributed by atoms with E-state index in [4.69, 9.17) is 0 Å². The normalized spacial score (nSPS) is 19.1. The van der Waals surface area contributed by atoms with Gasteiger partial charge < -0.3 is 10.2 Å². The van der Waals surface area contributed by atoms with Crippen LogP contribution in [0.4, 0.5) is 0 Å². The van der Waals surface area contributed by atoms with Gasteiger partial charge in [0.1, 0.15) is 0 Å². The Kier molecular flexibility index (Phi) is 7.36. The first-order chi connectivity index (χ1) is 8.69. The van der Waals surface area contributed by atoms with Gasteiger partial charge in [-0.1, -0.05) is 0 Å². The minimum atomic E-state index is 0. The smallest absolute Gasteiger partial charge is 0.227 e. The van der Waals surface area contributed by atoms with Gasteiger partial charge in [-0.05, 0) is 60.4 Å². The third-order valence-corrected chi connectivity index (χ3v) is 4.94. The number of piperidine rings is 1.